The van der Waals surface area contributed by atoms with Crippen molar-refractivity contribution in [3.63, 3.8) is 0 Å². The van der Waals surface area contributed by atoms with E-state index in [9.17, 15) is 18.5 Å². The van der Waals surface area contributed by atoms with E-state index in [1.54, 1.807) is 18.0 Å². The van der Waals surface area contributed by atoms with Gasteiger partial charge in [0.1, 0.15) is 5.69 Å². The van der Waals surface area contributed by atoms with Gasteiger partial charge in [-0.3, -0.25) is 10.1 Å². The van der Waals surface area contributed by atoms with Gasteiger partial charge in [-0.2, -0.15) is 0 Å². The van der Waals surface area contributed by atoms with Crippen LogP contribution in [-0.4, -0.2) is 52.5 Å². The summed E-state index contributed by atoms with van der Waals surface area (Å²) in [4.78, 5) is 15.3. The van der Waals surface area contributed by atoms with E-state index in [4.69, 9.17) is 11.6 Å². The van der Waals surface area contributed by atoms with Gasteiger partial charge in [0, 0.05) is 31.1 Å². The summed E-state index contributed by atoms with van der Waals surface area (Å²) in [7, 11) is 1.53. The van der Waals surface area contributed by atoms with Crippen LogP contribution in [0.25, 0.3) is 0 Å². The molecule has 2 aromatic rings. The molecule has 0 amide bonds. The molecule has 1 heterocycles. The van der Waals surface area contributed by atoms with Gasteiger partial charge in [0.15, 0.2) is 0 Å². The number of hydrogen-bond acceptors (Lipinski definition) is 7. The first kappa shape index (κ1) is 21.6. The third-order valence-corrected chi connectivity index (χ3v) is 6.41. The predicted octanol–water partition coefficient (Wildman–Crippen LogP) is 2.79. The molecular formula is C16H21ClN4O4S2. The third kappa shape index (κ3) is 5.88. The fourth-order valence-electron chi connectivity index (χ4n) is 2.38. The fraction of sp³-hybridized carbons (Fsp3) is 0.375. The quantitative estimate of drug-likeness (QED) is 0.483. The fourth-order valence-corrected chi connectivity index (χ4v) is 4.56. The van der Waals surface area contributed by atoms with Crippen molar-refractivity contribution in [2.45, 2.75) is 11.4 Å². The molecule has 1 aromatic carbocycles. The minimum Gasteiger partial charge on any atom is -0.364 e. The summed E-state index contributed by atoms with van der Waals surface area (Å²) in [5, 5.41) is 11.5. The molecule has 11 heteroatoms. The molecule has 0 saturated heterocycles. The standard InChI is InChI=1S/C16H21ClN4O4S2/c1-19(2)9-8-18-27(24,25)13-5-6-14(15(10-13)21(22)23)20(3)11-12-4-7-16(17)26-12/h4-7,10,18H,8-9,11H2,1-3H3. The first-order valence-corrected chi connectivity index (χ1v) is 10.7. The lowest BCUT2D eigenvalue weighted by atomic mass is 10.2. The summed E-state index contributed by atoms with van der Waals surface area (Å²) < 4.78 is 27.9. The van der Waals surface area contributed by atoms with Crippen molar-refractivity contribution in [2.75, 3.05) is 39.1 Å². The van der Waals surface area contributed by atoms with Crippen LogP contribution in [0.1, 0.15) is 4.88 Å². The molecule has 1 N–H and O–H groups in total. The predicted molar refractivity (Wildman–Crippen MR) is 108 cm³/mol. The van der Waals surface area contributed by atoms with Crippen molar-refractivity contribution >= 4 is 44.3 Å². The Morgan fingerprint density at radius 2 is 1.93 bits per heavy atom. The highest BCUT2D eigenvalue weighted by Gasteiger charge is 2.23. The summed E-state index contributed by atoms with van der Waals surface area (Å²) in [6.07, 6.45) is 0. The summed E-state index contributed by atoms with van der Waals surface area (Å²) in [5.41, 5.74) is 0.0624. The average molecular weight is 433 g/mol. The molecule has 148 valence electrons. The Hall–Kier alpha value is -1.72. The van der Waals surface area contributed by atoms with E-state index < -0.39 is 14.9 Å². The van der Waals surface area contributed by atoms with Crippen LogP contribution in [0.3, 0.4) is 0 Å². The second-order valence-electron chi connectivity index (χ2n) is 6.17. The molecule has 0 unspecified atom stereocenters. The topological polar surface area (TPSA) is 95.8 Å². The second-order valence-corrected chi connectivity index (χ2v) is 9.74. The van der Waals surface area contributed by atoms with E-state index >= 15 is 0 Å². The molecule has 1 aromatic heterocycles. The zero-order valence-electron chi connectivity index (χ0n) is 15.2. The molecule has 0 fully saturated rings. The normalized spacial score (nSPS) is 11.7. The highest BCUT2D eigenvalue weighted by atomic mass is 35.5. The third-order valence-electron chi connectivity index (χ3n) is 3.74. The lowest BCUT2D eigenvalue weighted by Crippen LogP contribution is -2.31. The van der Waals surface area contributed by atoms with Crippen molar-refractivity contribution in [3.05, 3.63) is 49.7 Å². The Morgan fingerprint density at radius 3 is 2.48 bits per heavy atom. The monoisotopic (exact) mass is 432 g/mol. The smallest absolute Gasteiger partial charge is 0.293 e. The highest BCUT2D eigenvalue weighted by molar-refractivity contribution is 7.89. The Bertz CT molecular complexity index is 915. The molecule has 0 atom stereocenters. The Kier molecular flexibility index (Phi) is 7.18. The molecule has 0 aliphatic rings. The van der Waals surface area contributed by atoms with Crippen LogP contribution in [-0.2, 0) is 16.6 Å². The number of nitrogens with zero attached hydrogens (tertiary/aromatic N) is 3. The number of nitrogens with one attached hydrogen (secondary N) is 1. The number of thiophene rings is 1. The van der Waals surface area contributed by atoms with Gasteiger partial charge in [-0.05, 0) is 38.4 Å². The van der Waals surface area contributed by atoms with Crippen molar-refractivity contribution in [1.29, 1.82) is 0 Å². The maximum atomic E-state index is 12.4. The lowest BCUT2D eigenvalue weighted by Gasteiger charge is -2.19. The largest absolute Gasteiger partial charge is 0.364 e. The molecule has 0 radical (unpaired) electrons. The summed E-state index contributed by atoms with van der Waals surface area (Å²) >= 11 is 7.31. The van der Waals surface area contributed by atoms with Crippen LogP contribution in [0, 0.1) is 10.1 Å². The van der Waals surface area contributed by atoms with E-state index in [1.807, 2.05) is 25.1 Å². The number of likely N-dealkylation sites (N-methyl/N-ethyl adjacent to an activating group) is 1. The number of hydrogen-bond donors (Lipinski definition) is 1. The Balaban J connectivity index is 2.26. The first-order chi connectivity index (χ1) is 12.6. The lowest BCUT2D eigenvalue weighted by molar-refractivity contribution is -0.384. The van der Waals surface area contributed by atoms with Crippen LogP contribution in [0.15, 0.2) is 35.2 Å². The van der Waals surface area contributed by atoms with Crippen LogP contribution >= 0.6 is 22.9 Å². The molecule has 0 spiro atoms. The van der Waals surface area contributed by atoms with Crippen molar-refractivity contribution in [3.8, 4) is 0 Å². The summed E-state index contributed by atoms with van der Waals surface area (Å²) in [6, 6.07) is 7.53. The number of rotatable bonds is 9. The van der Waals surface area contributed by atoms with Gasteiger partial charge in [0.2, 0.25) is 10.0 Å². The molecule has 0 bridgehead atoms. The van der Waals surface area contributed by atoms with Gasteiger partial charge in [-0.25, -0.2) is 13.1 Å². The number of sulfonamides is 1. The van der Waals surface area contributed by atoms with Crippen LogP contribution in [0.2, 0.25) is 4.34 Å². The molecule has 0 aliphatic heterocycles. The number of anilines is 1. The number of nitro groups is 1. The molecule has 0 aliphatic carbocycles. The minimum absolute atomic E-state index is 0.135. The Morgan fingerprint density at radius 1 is 1.22 bits per heavy atom. The molecule has 0 saturated carbocycles. The van der Waals surface area contributed by atoms with Crippen molar-refractivity contribution in [1.82, 2.24) is 9.62 Å². The van der Waals surface area contributed by atoms with E-state index in [-0.39, 0.29) is 17.1 Å². The van der Waals surface area contributed by atoms with E-state index in [0.29, 0.717) is 23.1 Å². The van der Waals surface area contributed by atoms with E-state index in [1.165, 1.54) is 23.5 Å². The van der Waals surface area contributed by atoms with Gasteiger partial charge in [0.25, 0.3) is 5.69 Å². The summed E-state index contributed by atoms with van der Waals surface area (Å²) in [5.74, 6) is 0. The number of halogens is 1. The van der Waals surface area contributed by atoms with Gasteiger partial charge < -0.3 is 9.80 Å². The zero-order chi connectivity index (χ0) is 20.2. The molecule has 8 nitrogen and oxygen atoms in total. The Labute approximate surface area is 167 Å². The molecular weight excluding hydrogens is 412 g/mol. The van der Waals surface area contributed by atoms with Gasteiger partial charge in [-0.1, -0.05) is 11.6 Å². The van der Waals surface area contributed by atoms with Crippen LogP contribution in [0.5, 0.6) is 0 Å². The molecule has 2 rings (SSSR count). The maximum Gasteiger partial charge on any atom is 0.293 e. The van der Waals surface area contributed by atoms with Crippen LogP contribution in [0.4, 0.5) is 11.4 Å². The zero-order valence-corrected chi connectivity index (χ0v) is 17.6. The van der Waals surface area contributed by atoms with Gasteiger partial charge in [-0.15, -0.1) is 11.3 Å². The first-order valence-electron chi connectivity index (χ1n) is 7.98. The average Bonchev–Trinajstić information content (AvgIpc) is 2.98. The maximum absolute atomic E-state index is 12.4. The van der Waals surface area contributed by atoms with E-state index in [2.05, 4.69) is 4.72 Å². The minimum atomic E-state index is -3.82. The van der Waals surface area contributed by atoms with Gasteiger partial charge in [0.05, 0.1) is 20.7 Å². The summed E-state index contributed by atoms with van der Waals surface area (Å²) in [6.45, 7) is 1.15. The van der Waals surface area contributed by atoms with Crippen molar-refractivity contribution in [2.24, 2.45) is 0 Å². The SMILES string of the molecule is CN(C)CCNS(=O)(=O)c1ccc(N(C)Cc2ccc(Cl)s2)c([N+](=O)[O-])c1. The number of nitro benzene ring substituents is 1. The van der Waals surface area contributed by atoms with Crippen LogP contribution < -0.4 is 9.62 Å². The van der Waals surface area contributed by atoms with E-state index in [0.717, 1.165) is 10.9 Å². The molecule has 27 heavy (non-hydrogen) atoms. The van der Waals surface area contributed by atoms with Gasteiger partial charge >= 0.3 is 0 Å². The highest BCUT2D eigenvalue weighted by Crippen LogP contribution is 2.32. The van der Waals surface area contributed by atoms with Crippen molar-refractivity contribution < 1.29 is 13.3 Å². The number of benzene rings is 1. The second kappa shape index (κ2) is 8.98.